The maximum Gasteiger partial charge on any atom is 0.219 e. The highest BCUT2D eigenvalue weighted by Gasteiger charge is 2.29. The molecule has 1 saturated carbocycles. The molecule has 1 amide bonds. The molecule has 180 valence electrons. The SMILES string of the molecule is C=Nc1c(C(=NC)c2cnn([C@H](CC(N)=O)C3CCCC3)c2)ccn1COCC[Si](C)(C)C. The zero-order valence-corrected chi connectivity index (χ0v) is 21.5. The lowest BCUT2D eigenvalue weighted by molar-refractivity contribution is -0.119. The minimum Gasteiger partial charge on any atom is -0.370 e. The van der Waals surface area contributed by atoms with Crippen molar-refractivity contribution in [1.82, 2.24) is 14.3 Å². The number of primary amides is 1. The van der Waals surface area contributed by atoms with Crippen LogP contribution >= 0.6 is 0 Å². The van der Waals surface area contributed by atoms with Gasteiger partial charge in [0.2, 0.25) is 5.91 Å². The molecule has 1 atom stereocenters. The second kappa shape index (κ2) is 11.1. The van der Waals surface area contributed by atoms with E-state index in [9.17, 15) is 4.79 Å². The first kappa shape index (κ1) is 25.1. The topological polar surface area (TPSA) is 99.8 Å². The van der Waals surface area contributed by atoms with E-state index in [1.807, 2.05) is 27.7 Å². The van der Waals surface area contributed by atoms with Crippen LogP contribution in [0.25, 0.3) is 0 Å². The Kier molecular flexibility index (Phi) is 8.42. The van der Waals surface area contributed by atoms with Crippen LogP contribution in [-0.2, 0) is 16.3 Å². The summed E-state index contributed by atoms with van der Waals surface area (Å²) in [4.78, 5) is 20.5. The summed E-state index contributed by atoms with van der Waals surface area (Å²) in [6.07, 6.45) is 10.6. The number of ether oxygens (including phenoxy) is 1. The van der Waals surface area contributed by atoms with E-state index < -0.39 is 8.07 Å². The van der Waals surface area contributed by atoms with E-state index in [0.29, 0.717) is 19.1 Å². The van der Waals surface area contributed by atoms with Gasteiger partial charge in [0.05, 0.1) is 18.0 Å². The Labute approximate surface area is 197 Å². The molecule has 0 aliphatic heterocycles. The zero-order valence-electron chi connectivity index (χ0n) is 20.5. The Hall–Kier alpha value is -2.52. The molecule has 8 nitrogen and oxygen atoms in total. The zero-order chi connectivity index (χ0) is 24.0. The van der Waals surface area contributed by atoms with Crippen LogP contribution in [0.1, 0.15) is 49.3 Å². The first-order valence-electron chi connectivity index (χ1n) is 11.8. The van der Waals surface area contributed by atoms with Crippen molar-refractivity contribution in [2.45, 2.75) is 70.6 Å². The number of rotatable bonds is 12. The first-order chi connectivity index (χ1) is 15.7. The van der Waals surface area contributed by atoms with Crippen molar-refractivity contribution in [2.75, 3.05) is 13.7 Å². The van der Waals surface area contributed by atoms with E-state index >= 15 is 0 Å². The van der Waals surface area contributed by atoms with Crippen molar-refractivity contribution < 1.29 is 9.53 Å². The van der Waals surface area contributed by atoms with Gasteiger partial charge in [-0.3, -0.25) is 14.5 Å². The van der Waals surface area contributed by atoms with Crippen LogP contribution in [0.4, 0.5) is 5.82 Å². The van der Waals surface area contributed by atoms with Crippen LogP contribution in [-0.4, -0.2) is 54.4 Å². The fourth-order valence-corrected chi connectivity index (χ4v) is 5.30. The number of nitrogens with two attached hydrogens (primary N) is 1. The summed E-state index contributed by atoms with van der Waals surface area (Å²) in [6, 6.07) is 3.09. The molecule has 1 aliphatic carbocycles. The average molecular weight is 471 g/mol. The lowest BCUT2D eigenvalue weighted by atomic mass is 9.95. The third-order valence-electron chi connectivity index (χ3n) is 6.36. The normalized spacial score (nSPS) is 16.3. The van der Waals surface area contributed by atoms with Crippen LogP contribution < -0.4 is 5.73 Å². The smallest absolute Gasteiger partial charge is 0.219 e. The summed E-state index contributed by atoms with van der Waals surface area (Å²) in [6.45, 7) is 12.0. The fraction of sp³-hybridized carbons (Fsp3) is 0.583. The summed E-state index contributed by atoms with van der Waals surface area (Å²) in [5.74, 6) is 0.852. The van der Waals surface area contributed by atoms with Gasteiger partial charge in [0.15, 0.2) is 0 Å². The van der Waals surface area contributed by atoms with Crippen molar-refractivity contribution in [2.24, 2.45) is 21.6 Å². The maximum absolute atomic E-state index is 11.7. The maximum atomic E-state index is 11.7. The van der Waals surface area contributed by atoms with Crippen LogP contribution in [0.2, 0.25) is 25.7 Å². The summed E-state index contributed by atoms with van der Waals surface area (Å²) >= 11 is 0. The highest BCUT2D eigenvalue weighted by atomic mass is 28.3. The van der Waals surface area contributed by atoms with E-state index in [1.165, 1.54) is 12.8 Å². The molecule has 2 aromatic rings. The summed E-state index contributed by atoms with van der Waals surface area (Å²) in [7, 11) is 0.628. The minimum atomic E-state index is -1.13. The van der Waals surface area contributed by atoms with Gasteiger partial charge in [0, 0.05) is 51.7 Å². The molecule has 1 fully saturated rings. The number of aliphatic imine (C=N–C) groups is 2. The lowest BCUT2D eigenvalue weighted by Gasteiger charge is -2.22. The predicted molar refractivity (Wildman–Crippen MR) is 136 cm³/mol. The molecule has 33 heavy (non-hydrogen) atoms. The van der Waals surface area contributed by atoms with Crippen molar-refractivity contribution in [3.8, 4) is 0 Å². The molecule has 2 N–H and O–H groups in total. The standard InChI is InChI=1S/C24H38N6O2Si/c1-26-23(20-10-11-29(24(20)27-2)17-32-12-13-33(3,4)5)19-15-28-30(16-19)21(14-22(25)31)18-8-6-7-9-18/h10-11,15-16,18,21H,2,6-9,12-14,17H2,1,3-5H3,(H2,25,31)/t21-/m1/s1. The highest BCUT2D eigenvalue weighted by Crippen LogP contribution is 2.36. The Morgan fingerprint density at radius 2 is 2.09 bits per heavy atom. The van der Waals surface area contributed by atoms with E-state index in [4.69, 9.17) is 10.5 Å². The highest BCUT2D eigenvalue weighted by molar-refractivity contribution is 6.76. The molecule has 9 heteroatoms. The third kappa shape index (κ3) is 6.51. The van der Waals surface area contributed by atoms with Gasteiger partial charge in [-0.25, -0.2) is 4.99 Å². The van der Waals surface area contributed by atoms with Crippen LogP contribution in [0.15, 0.2) is 34.6 Å². The number of nitrogens with zero attached hydrogens (tertiary/aromatic N) is 5. The summed E-state index contributed by atoms with van der Waals surface area (Å²) < 4.78 is 9.77. The van der Waals surface area contributed by atoms with Crippen LogP contribution in [0, 0.1) is 5.92 Å². The molecule has 0 spiro atoms. The van der Waals surface area contributed by atoms with Gasteiger partial charge in [-0.1, -0.05) is 32.5 Å². The van der Waals surface area contributed by atoms with Crippen LogP contribution in [0.3, 0.4) is 0 Å². The largest absolute Gasteiger partial charge is 0.370 e. The van der Waals surface area contributed by atoms with Gasteiger partial charge in [-0.2, -0.15) is 5.10 Å². The molecule has 0 bridgehead atoms. The second-order valence-electron chi connectivity index (χ2n) is 10.1. The first-order valence-corrected chi connectivity index (χ1v) is 15.5. The number of hydrogen-bond acceptors (Lipinski definition) is 5. The van der Waals surface area contributed by atoms with Crippen molar-refractivity contribution in [1.29, 1.82) is 0 Å². The van der Waals surface area contributed by atoms with E-state index in [0.717, 1.165) is 48.1 Å². The molecule has 0 aromatic carbocycles. The Bertz CT molecular complexity index is 981. The second-order valence-corrected chi connectivity index (χ2v) is 15.7. The number of amides is 1. The number of hydrogen-bond donors (Lipinski definition) is 1. The minimum absolute atomic E-state index is 0.0155. The molecule has 2 aromatic heterocycles. The molecule has 1 aliphatic rings. The monoisotopic (exact) mass is 470 g/mol. The van der Waals surface area contributed by atoms with Gasteiger partial charge in [-0.05, 0) is 37.6 Å². The summed E-state index contributed by atoms with van der Waals surface area (Å²) in [5.41, 5.74) is 8.11. The Balaban J connectivity index is 1.79. The van der Waals surface area contributed by atoms with E-state index in [2.05, 4.69) is 41.4 Å². The van der Waals surface area contributed by atoms with Crippen molar-refractivity contribution in [3.05, 3.63) is 35.8 Å². The number of carbonyl (C=O) groups excluding carboxylic acids is 1. The fourth-order valence-electron chi connectivity index (χ4n) is 4.54. The van der Waals surface area contributed by atoms with Crippen molar-refractivity contribution >= 4 is 32.2 Å². The molecular weight excluding hydrogens is 432 g/mol. The molecule has 3 rings (SSSR count). The molecular formula is C24H38N6O2Si. The predicted octanol–water partition coefficient (Wildman–Crippen LogP) is 4.40. The van der Waals surface area contributed by atoms with Crippen LogP contribution in [0.5, 0.6) is 0 Å². The molecule has 0 saturated heterocycles. The van der Waals surface area contributed by atoms with E-state index in [-0.39, 0.29) is 11.9 Å². The third-order valence-corrected chi connectivity index (χ3v) is 8.06. The molecule has 0 radical (unpaired) electrons. The Morgan fingerprint density at radius 3 is 2.70 bits per heavy atom. The Morgan fingerprint density at radius 1 is 1.36 bits per heavy atom. The van der Waals surface area contributed by atoms with Gasteiger partial charge >= 0.3 is 0 Å². The summed E-state index contributed by atoms with van der Waals surface area (Å²) in [5, 5.41) is 4.61. The van der Waals surface area contributed by atoms with Gasteiger partial charge in [-0.15, -0.1) is 0 Å². The van der Waals surface area contributed by atoms with Gasteiger partial charge in [0.1, 0.15) is 12.5 Å². The quantitative estimate of drug-likeness (QED) is 0.283. The van der Waals surface area contributed by atoms with E-state index in [1.54, 1.807) is 13.2 Å². The number of aromatic nitrogens is 3. The van der Waals surface area contributed by atoms with Crippen molar-refractivity contribution in [3.63, 3.8) is 0 Å². The molecule has 0 unspecified atom stereocenters. The van der Waals surface area contributed by atoms with Gasteiger partial charge in [0.25, 0.3) is 0 Å². The lowest BCUT2D eigenvalue weighted by Crippen LogP contribution is -2.25. The average Bonchev–Trinajstić information content (AvgIpc) is 3.50. The molecule has 2 heterocycles. The number of carbonyl (C=O) groups is 1. The van der Waals surface area contributed by atoms with Gasteiger partial charge < -0.3 is 15.0 Å².